The van der Waals surface area contributed by atoms with Crippen LogP contribution in [0.5, 0.6) is 0 Å². The van der Waals surface area contributed by atoms with E-state index < -0.39 is 69.8 Å². The van der Waals surface area contributed by atoms with Crippen LogP contribution in [-0.4, -0.2) is 82.7 Å². The first-order valence-corrected chi connectivity index (χ1v) is 14.0. The Hall–Kier alpha value is -0.870. The summed E-state index contributed by atoms with van der Waals surface area (Å²) in [5.41, 5.74) is -5.50. The highest BCUT2D eigenvalue weighted by atomic mass is 16.3. The highest BCUT2D eigenvalue weighted by Crippen LogP contribution is 2.68. The summed E-state index contributed by atoms with van der Waals surface area (Å²) in [5, 5.41) is 78.3. The number of allylic oxidation sites excluding steroid dienone is 1. The van der Waals surface area contributed by atoms with Crippen molar-refractivity contribution in [3.63, 3.8) is 0 Å². The van der Waals surface area contributed by atoms with Crippen molar-refractivity contribution in [1.29, 1.82) is 0 Å². The van der Waals surface area contributed by atoms with Crippen molar-refractivity contribution in [3.8, 4) is 0 Å². The second-order valence-corrected chi connectivity index (χ2v) is 14.0. The average molecular weight is 525 g/mol. The molecule has 212 valence electrons. The Kier molecular flexibility index (Phi) is 7.15. The Morgan fingerprint density at radius 3 is 2.24 bits per heavy atom. The lowest BCUT2D eigenvalue weighted by atomic mass is 9.44. The topological polar surface area (TPSA) is 159 Å². The third-order valence-electron chi connectivity index (χ3n) is 11.4. The second kappa shape index (κ2) is 9.08. The van der Waals surface area contributed by atoms with Gasteiger partial charge in [0.2, 0.25) is 0 Å². The minimum Gasteiger partial charge on any atom is -0.392 e. The number of aliphatic hydroxyl groups excluding tert-OH is 4. The molecular formula is C29H48O8. The molecule has 0 heterocycles. The predicted molar refractivity (Wildman–Crippen MR) is 137 cm³/mol. The maximum Gasteiger partial charge on any atom is 0.159 e. The lowest BCUT2D eigenvalue weighted by molar-refractivity contribution is -0.198. The number of carbonyl (C=O) groups is 1. The molecule has 0 aromatic heterocycles. The summed E-state index contributed by atoms with van der Waals surface area (Å²) in [6.45, 7) is 10.6. The zero-order valence-corrected chi connectivity index (χ0v) is 23.2. The van der Waals surface area contributed by atoms with E-state index in [0.717, 1.165) is 0 Å². The van der Waals surface area contributed by atoms with Crippen LogP contribution in [-0.2, 0) is 4.79 Å². The molecule has 0 spiro atoms. The number of rotatable bonds is 6. The first-order valence-electron chi connectivity index (χ1n) is 14.0. The fourth-order valence-corrected chi connectivity index (χ4v) is 9.12. The molecule has 7 N–H and O–H groups in total. The van der Waals surface area contributed by atoms with Crippen LogP contribution in [0.2, 0.25) is 0 Å². The van der Waals surface area contributed by atoms with E-state index in [1.54, 1.807) is 20.8 Å². The summed E-state index contributed by atoms with van der Waals surface area (Å²) in [7, 11) is 0. The van der Waals surface area contributed by atoms with Gasteiger partial charge in [0, 0.05) is 17.3 Å². The Balaban J connectivity index is 1.71. The number of hydrogen-bond acceptors (Lipinski definition) is 8. The van der Waals surface area contributed by atoms with E-state index in [2.05, 4.69) is 0 Å². The standard InChI is InChI=1S/C29H48O8/c1-7-15(25(2,3)35)10-23(34)28(6,36)22-8-9-29(37)17-12-18(30)16-11-19(31)20(32)13-26(16,4)24(17)21(33)14-27(22,29)5/h12,15-16,19-24,31-37H,7-11,13-14H2,1-6H3/t15?,16-,19+,20-,21?,22-,23+,24+,26-,27+,28+,29+/m0/s1. The van der Waals surface area contributed by atoms with Gasteiger partial charge in [-0.2, -0.15) is 0 Å². The molecule has 0 aliphatic heterocycles. The molecular weight excluding hydrogens is 476 g/mol. The van der Waals surface area contributed by atoms with Gasteiger partial charge in [0.15, 0.2) is 5.78 Å². The van der Waals surface area contributed by atoms with Crippen molar-refractivity contribution < 1.29 is 40.5 Å². The molecule has 0 aromatic carbocycles. The molecule has 8 heteroatoms. The van der Waals surface area contributed by atoms with Crippen molar-refractivity contribution in [3.05, 3.63) is 11.6 Å². The Labute approximate surface area is 220 Å². The molecule has 12 atom stereocenters. The lowest BCUT2D eigenvalue weighted by Crippen LogP contribution is -2.66. The smallest absolute Gasteiger partial charge is 0.159 e. The van der Waals surface area contributed by atoms with E-state index in [4.69, 9.17) is 0 Å². The van der Waals surface area contributed by atoms with Crippen LogP contribution < -0.4 is 0 Å². The predicted octanol–water partition coefficient (Wildman–Crippen LogP) is 1.46. The first kappa shape index (κ1) is 29.1. The van der Waals surface area contributed by atoms with E-state index in [1.807, 2.05) is 20.8 Å². The quantitative estimate of drug-likeness (QED) is 0.275. The van der Waals surface area contributed by atoms with Crippen LogP contribution in [0.15, 0.2) is 11.6 Å². The zero-order chi connectivity index (χ0) is 27.9. The van der Waals surface area contributed by atoms with Crippen LogP contribution in [0.3, 0.4) is 0 Å². The van der Waals surface area contributed by atoms with Crippen LogP contribution >= 0.6 is 0 Å². The summed E-state index contributed by atoms with van der Waals surface area (Å²) < 4.78 is 0. The molecule has 0 saturated heterocycles. The largest absolute Gasteiger partial charge is 0.392 e. The number of aliphatic hydroxyl groups is 7. The summed E-state index contributed by atoms with van der Waals surface area (Å²) in [4.78, 5) is 13.3. The van der Waals surface area contributed by atoms with Gasteiger partial charge in [-0.3, -0.25) is 4.79 Å². The summed E-state index contributed by atoms with van der Waals surface area (Å²) >= 11 is 0. The summed E-state index contributed by atoms with van der Waals surface area (Å²) in [6, 6.07) is 0. The summed E-state index contributed by atoms with van der Waals surface area (Å²) in [6.07, 6.45) is -0.774. The minimum atomic E-state index is -1.61. The van der Waals surface area contributed by atoms with Crippen LogP contribution in [0.4, 0.5) is 0 Å². The van der Waals surface area contributed by atoms with Gasteiger partial charge in [-0.25, -0.2) is 0 Å². The zero-order valence-electron chi connectivity index (χ0n) is 23.2. The number of ketones is 1. The molecule has 4 aliphatic carbocycles. The lowest BCUT2D eigenvalue weighted by Gasteiger charge is -2.62. The van der Waals surface area contributed by atoms with Gasteiger partial charge in [-0.15, -0.1) is 0 Å². The first-order chi connectivity index (χ1) is 16.8. The third kappa shape index (κ3) is 4.17. The molecule has 0 aromatic rings. The molecule has 0 amide bonds. The number of carbonyl (C=O) groups excluding carboxylic acids is 1. The van der Waals surface area contributed by atoms with Gasteiger partial charge in [0.1, 0.15) is 0 Å². The molecule has 8 nitrogen and oxygen atoms in total. The van der Waals surface area contributed by atoms with Crippen LogP contribution in [0, 0.1) is 34.5 Å². The highest BCUT2D eigenvalue weighted by Gasteiger charge is 2.71. The van der Waals surface area contributed by atoms with E-state index in [9.17, 15) is 40.5 Å². The molecule has 4 rings (SSSR count). The number of hydrogen-bond donors (Lipinski definition) is 7. The van der Waals surface area contributed by atoms with Gasteiger partial charge in [-0.1, -0.05) is 27.2 Å². The maximum atomic E-state index is 13.3. The fraction of sp³-hybridized carbons (Fsp3) is 0.897. The van der Waals surface area contributed by atoms with E-state index in [1.165, 1.54) is 6.08 Å². The van der Waals surface area contributed by atoms with E-state index >= 15 is 0 Å². The molecule has 0 bridgehead atoms. The Bertz CT molecular complexity index is 939. The molecule has 4 aliphatic rings. The molecule has 3 saturated carbocycles. The highest BCUT2D eigenvalue weighted by molar-refractivity contribution is 5.95. The fourth-order valence-electron chi connectivity index (χ4n) is 9.12. The Morgan fingerprint density at radius 2 is 1.68 bits per heavy atom. The SMILES string of the molecule is CCC(C[C@@H](O)[C@](C)(O)[C@H]1CC[C@@]2(O)C3=CC(=O)[C@@H]4C[C@@H](O)[C@@H](O)C[C@]4(C)[C@H]3C(O)C[C@]12C)C(C)(C)O. The van der Waals surface area contributed by atoms with Crippen molar-refractivity contribution in [2.24, 2.45) is 34.5 Å². The van der Waals surface area contributed by atoms with Crippen molar-refractivity contribution in [1.82, 2.24) is 0 Å². The summed E-state index contributed by atoms with van der Waals surface area (Å²) in [5.74, 6) is -2.15. The maximum absolute atomic E-state index is 13.3. The van der Waals surface area contributed by atoms with Crippen molar-refractivity contribution >= 4 is 5.78 Å². The molecule has 3 fully saturated rings. The second-order valence-electron chi connectivity index (χ2n) is 14.0. The van der Waals surface area contributed by atoms with Gasteiger partial charge in [0.25, 0.3) is 0 Å². The average Bonchev–Trinajstić information content (AvgIpc) is 3.04. The minimum absolute atomic E-state index is 0.114. The molecule has 2 unspecified atom stereocenters. The van der Waals surface area contributed by atoms with E-state index in [-0.39, 0.29) is 43.8 Å². The van der Waals surface area contributed by atoms with Crippen LogP contribution in [0.1, 0.15) is 86.5 Å². The van der Waals surface area contributed by atoms with Crippen LogP contribution in [0.25, 0.3) is 0 Å². The molecule has 37 heavy (non-hydrogen) atoms. The van der Waals surface area contributed by atoms with Gasteiger partial charge >= 0.3 is 0 Å². The Morgan fingerprint density at radius 1 is 1.05 bits per heavy atom. The number of fused-ring (bicyclic) bond motifs is 5. The molecule has 0 radical (unpaired) electrons. The van der Waals surface area contributed by atoms with Crippen molar-refractivity contribution in [2.45, 2.75) is 128 Å². The van der Waals surface area contributed by atoms with Crippen molar-refractivity contribution in [2.75, 3.05) is 0 Å². The monoisotopic (exact) mass is 524 g/mol. The van der Waals surface area contributed by atoms with E-state index in [0.29, 0.717) is 18.4 Å². The van der Waals surface area contributed by atoms with Gasteiger partial charge in [0.05, 0.1) is 41.2 Å². The third-order valence-corrected chi connectivity index (χ3v) is 11.4. The van der Waals surface area contributed by atoms with Gasteiger partial charge < -0.3 is 35.7 Å². The normalized spacial score (nSPS) is 47.3. The van der Waals surface area contributed by atoms with Gasteiger partial charge in [-0.05, 0) is 88.2 Å².